The molecule has 0 aliphatic carbocycles. The number of benzene rings is 4. The molecule has 0 radical (unpaired) electrons. The lowest BCUT2D eigenvalue weighted by molar-refractivity contribution is 0.0949. The van der Waals surface area contributed by atoms with Crippen molar-refractivity contribution in [2.75, 3.05) is 13.7 Å². The molecule has 0 fully saturated rings. The third kappa shape index (κ3) is 4.43. The summed E-state index contributed by atoms with van der Waals surface area (Å²) in [5.74, 6) is 2.10. The molecule has 5 rings (SSSR count). The van der Waals surface area contributed by atoms with E-state index in [4.69, 9.17) is 14.5 Å². The number of imidazole rings is 1. The van der Waals surface area contributed by atoms with Gasteiger partial charge >= 0.3 is 0 Å². The van der Waals surface area contributed by atoms with Crippen LogP contribution in [-0.4, -0.2) is 29.2 Å². The molecule has 4 aromatic carbocycles. The first-order valence-corrected chi connectivity index (χ1v) is 11.2. The predicted octanol–water partition coefficient (Wildman–Crippen LogP) is 5.21. The van der Waals surface area contributed by atoms with Crippen LogP contribution in [-0.2, 0) is 13.1 Å². The van der Waals surface area contributed by atoms with Crippen LogP contribution in [0.25, 0.3) is 21.8 Å². The number of carbonyl (C=O) groups excluding carboxylic acids is 1. The van der Waals surface area contributed by atoms with Gasteiger partial charge in [0.15, 0.2) is 0 Å². The zero-order valence-electron chi connectivity index (χ0n) is 18.9. The Balaban J connectivity index is 1.33. The molecular weight excluding hydrogens is 426 g/mol. The van der Waals surface area contributed by atoms with E-state index in [2.05, 4.69) is 28.1 Å². The van der Waals surface area contributed by atoms with Crippen molar-refractivity contribution in [2.24, 2.45) is 0 Å². The summed E-state index contributed by atoms with van der Waals surface area (Å²) in [6.07, 6.45) is 0. The van der Waals surface area contributed by atoms with Crippen LogP contribution >= 0.6 is 0 Å². The number of fused-ring (bicyclic) bond motifs is 2. The highest BCUT2D eigenvalue weighted by Gasteiger charge is 2.13. The Labute approximate surface area is 197 Å². The van der Waals surface area contributed by atoms with Crippen LogP contribution in [0.1, 0.15) is 16.2 Å². The van der Waals surface area contributed by atoms with Crippen LogP contribution in [0.5, 0.6) is 11.5 Å². The molecule has 1 amide bonds. The second-order valence-corrected chi connectivity index (χ2v) is 7.91. The Morgan fingerprint density at radius 2 is 1.74 bits per heavy atom. The van der Waals surface area contributed by atoms with E-state index in [0.29, 0.717) is 31.0 Å². The zero-order valence-corrected chi connectivity index (χ0v) is 18.9. The molecule has 170 valence electrons. The van der Waals surface area contributed by atoms with Gasteiger partial charge in [0.25, 0.3) is 5.91 Å². The number of aromatic nitrogens is 2. The second-order valence-electron chi connectivity index (χ2n) is 7.91. The number of nitrogens with zero attached hydrogens (tertiary/aromatic N) is 2. The maximum atomic E-state index is 12.7. The fourth-order valence-corrected chi connectivity index (χ4v) is 4.10. The van der Waals surface area contributed by atoms with E-state index in [1.165, 1.54) is 0 Å². The summed E-state index contributed by atoms with van der Waals surface area (Å²) in [6.45, 7) is 1.39. The molecule has 0 aliphatic heterocycles. The summed E-state index contributed by atoms with van der Waals surface area (Å²) < 4.78 is 13.5. The lowest BCUT2D eigenvalue weighted by Crippen LogP contribution is -2.25. The molecule has 1 N–H and O–H groups in total. The van der Waals surface area contributed by atoms with E-state index in [1.807, 2.05) is 54.6 Å². The van der Waals surface area contributed by atoms with Crippen LogP contribution in [0.4, 0.5) is 0 Å². The summed E-state index contributed by atoms with van der Waals surface area (Å²) in [6, 6.07) is 29.3. The second kappa shape index (κ2) is 9.67. The number of methoxy groups -OCH3 is 1. The highest BCUT2D eigenvalue weighted by atomic mass is 16.5. The molecule has 0 aliphatic rings. The summed E-state index contributed by atoms with van der Waals surface area (Å²) >= 11 is 0. The third-order valence-electron chi connectivity index (χ3n) is 5.79. The zero-order chi connectivity index (χ0) is 23.3. The topological polar surface area (TPSA) is 65.4 Å². The fraction of sp³-hybridized carbons (Fsp3) is 0.143. The van der Waals surface area contributed by atoms with Crippen molar-refractivity contribution in [1.82, 2.24) is 14.9 Å². The number of hydrogen-bond acceptors (Lipinski definition) is 4. The van der Waals surface area contributed by atoms with Gasteiger partial charge in [-0.25, -0.2) is 4.98 Å². The molecule has 1 heterocycles. The molecule has 34 heavy (non-hydrogen) atoms. The van der Waals surface area contributed by atoms with Gasteiger partial charge in [-0.3, -0.25) is 4.79 Å². The minimum atomic E-state index is -0.176. The number of hydrogen-bond donors (Lipinski definition) is 1. The summed E-state index contributed by atoms with van der Waals surface area (Å²) in [7, 11) is 1.58. The lowest BCUT2D eigenvalue weighted by Gasteiger charge is -2.13. The average molecular weight is 452 g/mol. The maximum Gasteiger partial charge on any atom is 0.251 e. The van der Waals surface area contributed by atoms with Crippen LogP contribution < -0.4 is 14.8 Å². The Morgan fingerprint density at radius 1 is 0.941 bits per heavy atom. The molecular formula is C28H25N3O3. The molecule has 0 saturated heterocycles. The molecule has 6 nitrogen and oxygen atoms in total. The normalized spacial score (nSPS) is 11.0. The monoisotopic (exact) mass is 451 g/mol. The smallest absolute Gasteiger partial charge is 0.251 e. The summed E-state index contributed by atoms with van der Waals surface area (Å²) in [4.78, 5) is 17.5. The Bertz CT molecular complexity index is 1450. The van der Waals surface area contributed by atoms with Gasteiger partial charge < -0.3 is 19.4 Å². The quantitative estimate of drug-likeness (QED) is 0.352. The van der Waals surface area contributed by atoms with Crippen LogP contribution in [0, 0.1) is 0 Å². The Hall–Kier alpha value is -4.32. The number of amides is 1. The molecule has 0 saturated carbocycles. The first-order chi connectivity index (χ1) is 16.7. The van der Waals surface area contributed by atoms with Gasteiger partial charge in [-0.1, -0.05) is 54.6 Å². The molecule has 0 unspecified atom stereocenters. The standard InChI is InChI=1S/C28H25N3O3/c1-33-22-11-6-10-21(18-22)28(32)29-19-27-30-24-13-4-5-14-25(24)31(27)16-17-34-26-15-7-9-20-8-2-3-12-23(20)26/h2-15,18H,16-17,19H2,1H3,(H,29,32). The molecule has 5 aromatic rings. The van der Waals surface area contributed by atoms with Crippen molar-refractivity contribution in [2.45, 2.75) is 13.1 Å². The van der Waals surface area contributed by atoms with Crippen LogP contribution in [0.3, 0.4) is 0 Å². The molecule has 6 heteroatoms. The van der Waals surface area contributed by atoms with Gasteiger partial charge in [0.1, 0.15) is 23.9 Å². The Morgan fingerprint density at radius 3 is 2.65 bits per heavy atom. The number of carbonyl (C=O) groups is 1. The number of nitrogens with one attached hydrogen (secondary N) is 1. The number of rotatable bonds is 8. The van der Waals surface area contributed by atoms with Gasteiger partial charge in [0, 0.05) is 10.9 Å². The molecule has 0 spiro atoms. The van der Waals surface area contributed by atoms with Crippen molar-refractivity contribution >= 4 is 27.7 Å². The Kier molecular flexibility index (Phi) is 6.12. The van der Waals surface area contributed by atoms with Crippen molar-refractivity contribution in [3.63, 3.8) is 0 Å². The molecule has 0 atom stereocenters. The first kappa shape index (κ1) is 21.5. The van der Waals surface area contributed by atoms with E-state index in [1.54, 1.807) is 25.3 Å². The third-order valence-corrected chi connectivity index (χ3v) is 5.79. The number of para-hydroxylation sites is 2. The van der Waals surface area contributed by atoms with E-state index in [0.717, 1.165) is 33.4 Å². The van der Waals surface area contributed by atoms with Gasteiger partial charge in [0.05, 0.1) is 31.2 Å². The average Bonchev–Trinajstić information content (AvgIpc) is 3.25. The maximum absolute atomic E-state index is 12.7. The van der Waals surface area contributed by atoms with Crippen LogP contribution in [0.2, 0.25) is 0 Å². The highest BCUT2D eigenvalue weighted by molar-refractivity contribution is 5.94. The van der Waals surface area contributed by atoms with Gasteiger partial charge in [-0.15, -0.1) is 0 Å². The molecule has 1 aromatic heterocycles. The van der Waals surface area contributed by atoms with Crippen molar-refractivity contribution in [3.8, 4) is 11.5 Å². The van der Waals surface area contributed by atoms with E-state index in [-0.39, 0.29) is 5.91 Å². The van der Waals surface area contributed by atoms with Crippen molar-refractivity contribution in [3.05, 3.63) is 102 Å². The van der Waals surface area contributed by atoms with Gasteiger partial charge in [-0.2, -0.15) is 0 Å². The highest BCUT2D eigenvalue weighted by Crippen LogP contribution is 2.25. The lowest BCUT2D eigenvalue weighted by atomic mass is 10.1. The van der Waals surface area contributed by atoms with Crippen LogP contribution in [0.15, 0.2) is 91.0 Å². The van der Waals surface area contributed by atoms with Gasteiger partial charge in [0.2, 0.25) is 0 Å². The summed E-state index contributed by atoms with van der Waals surface area (Å²) in [5.41, 5.74) is 2.44. The van der Waals surface area contributed by atoms with Gasteiger partial charge in [-0.05, 0) is 41.8 Å². The largest absolute Gasteiger partial charge is 0.497 e. The van der Waals surface area contributed by atoms with Crippen molar-refractivity contribution < 1.29 is 14.3 Å². The predicted molar refractivity (Wildman–Crippen MR) is 133 cm³/mol. The first-order valence-electron chi connectivity index (χ1n) is 11.2. The minimum Gasteiger partial charge on any atom is -0.497 e. The van der Waals surface area contributed by atoms with E-state index >= 15 is 0 Å². The fourth-order valence-electron chi connectivity index (χ4n) is 4.10. The van der Waals surface area contributed by atoms with E-state index < -0.39 is 0 Å². The van der Waals surface area contributed by atoms with Crippen molar-refractivity contribution in [1.29, 1.82) is 0 Å². The summed E-state index contributed by atoms with van der Waals surface area (Å²) in [5, 5.41) is 5.22. The SMILES string of the molecule is COc1cccc(C(=O)NCc2nc3ccccc3n2CCOc2cccc3ccccc23)c1. The van der Waals surface area contributed by atoms with E-state index in [9.17, 15) is 4.79 Å². The molecule has 0 bridgehead atoms. The number of ether oxygens (including phenoxy) is 2. The minimum absolute atomic E-state index is 0.176.